The van der Waals surface area contributed by atoms with E-state index < -0.39 is 10.0 Å². The van der Waals surface area contributed by atoms with Crippen LogP contribution in [0.1, 0.15) is 6.92 Å². The van der Waals surface area contributed by atoms with E-state index >= 15 is 0 Å². The molecule has 1 aromatic carbocycles. The molecule has 0 bridgehead atoms. The van der Waals surface area contributed by atoms with Crippen LogP contribution in [0.15, 0.2) is 27.6 Å². The lowest BCUT2D eigenvalue weighted by molar-refractivity contribution is -0.118. The second kappa shape index (κ2) is 6.17. The number of rotatable bonds is 5. The highest BCUT2D eigenvalue weighted by atomic mass is 79.9. The number of anilines is 1. The summed E-state index contributed by atoms with van der Waals surface area (Å²) in [5.41, 5.74) is 6.00. The Morgan fingerprint density at radius 2 is 2.06 bits per heavy atom. The predicted molar refractivity (Wildman–Crippen MR) is 72.4 cm³/mol. The van der Waals surface area contributed by atoms with Gasteiger partial charge < -0.3 is 11.1 Å². The van der Waals surface area contributed by atoms with Crippen LogP contribution in [0.2, 0.25) is 0 Å². The molecule has 1 amide bonds. The second-order valence-corrected chi connectivity index (χ2v) is 6.16. The zero-order valence-corrected chi connectivity index (χ0v) is 12.1. The molecule has 6 nitrogen and oxygen atoms in total. The monoisotopic (exact) mass is 335 g/mol. The van der Waals surface area contributed by atoms with Gasteiger partial charge in [-0.3, -0.25) is 4.79 Å². The van der Waals surface area contributed by atoms with E-state index in [2.05, 4.69) is 26.0 Å². The zero-order valence-electron chi connectivity index (χ0n) is 9.73. The van der Waals surface area contributed by atoms with Crippen LogP contribution < -0.4 is 15.8 Å². The number of benzene rings is 1. The number of sulfonamides is 1. The van der Waals surface area contributed by atoms with Crippen molar-refractivity contribution >= 4 is 37.5 Å². The van der Waals surface area contributed by atoms with Gasteiger partial charge in [-0.25, -0.2) is 13.1 Å². The lowest BCUT2D eigenvalue weighted by Gasteiger charge is -2.09. The molecule has 0 aliphatic rings. The number of hydrogen-bond acceptors (Lipinski definition) is 4. The molecule has 1 rings (SSSR count). The number of carbonyl (C=O) groups excluding carboxylic acids is 1. The van der Waals surface area contributed by atoms with Gasteiger partial charge in [0.25, 0.3) is 0 Å². The topological polar surface area (TPSA) is 101 Å². The fourth-order valence-electron chi connectivity index (χ4n) is 1.24. The molecule has 0 fully saturated rings. The summed E-state index contributed by atoms with van der Waals surface area (Å²) in [5.74, 6) is -0.206. The van der Waals surface area contributed by atoms with Crippen molar-refractivity contribution in [1.29, 1.82) is 0 Å². The Balaban J connectivity index is 2.71. The average Bonchev–Trinajstić information content (AvgIpc) is 2.23. The summed E-state index contributed by atoms with van der Waals surface area (Å²) in [7, 11) is -3.61. The third-order valence-electron chi connectivity index (χ3n) is 2.04. The van der Waals surface area contributed by atoms with Gasteiger partial charge in [-0.15, -0.1) is 0 Å². The first-order valence-electron chi connectivity index (χ1n) is 5.12. The molecular formula is C10H14BrN3O3S. The Hall–Kier alpha value is -1.12. The minimum absolute atomic E-state index is 0.111. The van der Waals surface area contributed by atoms with Crippen LogP contribution in [0, 0.1) is 0 Å². The molecule has 0 unspecified atom stereocenters. The van der Waals surface area contributed by atoms with E-state index in [1.165, 1.54) is 25.1 Å². The highest BCUT2D eigenvalue weighted by molar-refractivity contribution is 9.10. The van der Waals surface area contributed by atoms with Crippen molar-refractivity contribution in [2.45, 2.75) is 11.8 Å². The van der Waals surface area contributed by atoms with Crippen molar-refractivity contribution in [3.05, 3.63) is 22.7 Å². The maximum Gasteiger partial charge on any atom is 0.241 e. The number of halogens is 1. The van der Waals surface area contributed by atoms with Crippen LogP contribution in [0.4, 0.5) is 5.69 Å². The van der Waals surface area contributed by atoms with Crippen LogP contribution in [0.3, 0.4) is 0 Å². The second-order valence-electron chi connectivity index (χ2n) is 3.57. The van der Waals surface area contributed by atoms with Gasteiger partial charge in [0, 0.05) is 30.2 Å². The summed E-state index contributed by atoms with van der Waals surface area (Å²) < 4.78 is 26.6. The predicted octanol–water partition coefficient (Wildman–Crippen LogP) is 0.446. The quantitative estimate of drug-likeness (QED) is 0.537. The smallest absolute Gasteiger partial charge is 0.241 e. The molecule has 1 aromatic rings. The SMILES string of the molecule is CC(=O)NCCNS(=O)(=O)c1ccc(N)cc1Br. The largest absolute Gasteiger partial charge is 0.399 e. The normalized spacial score (nSPS) is 11.2. The molecule has 4 N–H and O–H groups in total. The summed E-state index contributed by atoms with van der Waals surface area (Å²) in [4.78, 5) is 10.7. The number of nitrogen functional groups attached to an aromatic ring is 1. The zero-order chi connectivity index (χ0) is 13.8. The van der Waals surface area contributed by atoms with E-state index in [0.717, 1.165) is 0 Å². The number of nitrogens with two attached hydrogens (primary N) is 1. The lowest BCUT2D eigenvalue weighted by Crippen LogP contribution is -2.33. The van der Waals surface area contributed by atoms with Gasteiger partial charge in [-0.1, -0.05) is 0 Å². The molecule has 0 saturated heterocycles. The summed E-state index contributed by atoms with van der Waals surface area (Å²) in [6.45, 7) is 1.73. The molecule has 0 spiro atoms. The third-order valence-corrected chi connectivity index (χ3v) is 4.47. The molecule has 0 aromatic heterocycles. The van der Waals surface area contributed by atoms with Gasteiger partial charge in [0.1, 0.15) is 0 Å². The van der Waals surface area contributed by atoms with Crippen molar-refractivity contribution in [3.8, 4) is 0 Å². The molecule has 0 atom stereocenters. The van der Waals surface area contributed by atoms with Gasteiger partial charge in [-0.2, -0.15) is 0 Å². The van der Waals surface area contributed by atoms with Gasteiger partial charge in [-0.05, 0) is 34.1 Å². The fourth-order valence-corrected chi connectivity index (χ4v) is 3.36. The van der Waals surface area contributed by atoms with E-state index in [0.29, 0.717) is 10.2 Å². The van der Waals surface area contributed by atoms with E-state index in [-0.39, 0.29) is 23.9 Å². The van der Waals surface area contributed by atoms with Crippen molar-refractivity contribution < 1.29 is 13.2 Å². The van der Waals surface area contributed by atoms with Crippen LogP contribution >= 0.6 is 15.9 Å². The number of nitrogens with one attached hydrogen (secondary N) is 2. The number of hydrogen-bond donors (Lipinski definition) is 3. The van der Waals surface area contributed by atoms with Crippen molar-refractivity contribution in [3.63, 3.8) is 0 Å². The first-order chi connectivity index (χ1) is 8.33. The molecule has 0 saturated carbocycles. The Kier molecular flexibility index (Phi) is 5.12. The van der Waals surface area contributed by atoms with Gasteiger partial charge >= 0.3 is 0 Å². The van der Waals surface area contributed by atoms with E-state index in [9.17, 15) is 13.2 Å². The average molecular weight is 336 g/mol. The Morgan fingerprint density at radius 1 is 1.39 bits per heavy atom. The van der Waals surface area contributed by atoms with Crippen molar-refractivity contribution in [2.75, 3.05) is 18.8 Å². The molecular weight excluding hydrogens is 322 g/mol. The summed E-state index contributed by atoms with van der Waals surface area (Å²) in [5, 5.41) is 2.50. The van der Waals surface area contributed by atoms with Crippen molar-refractivity contribution in [2.24, 2.45) is 0 Å². The van der Waals surface area contributed by atoms with Crippen LogP contribution in [0.5, 0.6) is 0 Å². The molecule has 100 valence electrons. The maximum absolute atomic E-state index is 11.9. The summed E-state index contributed by atoms with van der Waals surface area (Å²) >= 11 is 3.15. The maximum atomic E-state index is 11.9. The Morgan fingerprint density at radius 3 is 2.61 bits per heavy atom. The number of carbonyl (C=O) groups is 1. The first-order valence-corrected chi connectivity index (χ1v) is 7.39. The van der Waals surface area contributed by atoms with E-state index in [4.69, 9.17) is 5.73 Å². The Bertz CT molecular complexity index is 545. The number of amides is 1. The minimum Gasteiger partial charge on any atom is -0.399 e. The van der Waals surface area contributed by atoms with Crippen LogP contribution in [0.25, 0.3) is 0 Å². The first kappa shape index (κ1) is 14.9. The van der Waals surface area contributed by atoms with Crippen molar-refractivity contribution in [1.82, 2.24) is 10.0 Å². The van der Waals surface area contributed by atoms with E-state index in [1.54, 1.807) is 0 Å². The van der Waals surface area contributed by atoms with Gasteiger partial charge in [0.05, 0.1) is 4.90 Å². The summed E-state index contributed by atoms with van der Waals surface area (Å²) in [6.07, 6.45) is 0. The molecule has 0 heterocycles. The lowest BCUT2D eigenvalue weighted by atomic mass is 10.3. The van der Waals surface area contributed by atoms with Crippen LogP contribution in [-0.4, -0.2) is 27.4 Å². The molecule has 0 radical (unpaired) electrons. The van der Waals surface area contributed by atoms with Crippen LogP contribution in [-0.2, 0) is 14.8 Å². The molecule has 8 heteroatoms. The van der Waals surface area contributed by atoms with Gasteiger partial charge in [0.2, 0.25) is 15.9 Å². The Labute approximate surface area is 114 Å². The standard InChI is InChI=1S/C10H14BrN3O3S/c1-7(15)13-4-5-14-18(16,17)10-3-2-8(12)6-9(10)11/h2-3,6,14H,4-5,12H2,1H3,(H,13,15). The molecule has 0 aliphatic carbocycles. The molecule has 18 heavy (non-hydrogen) atoms. The summed E-state index contributed by atoms with van der Waals surface area (Å²) in [6, 6.07) is 4.44. The van der Waals surface area contributed by atoms with Gasteiger partial charge in [0.15, 0.2) is 0 Å². The highest BCUT2D eigenvalue weighted by Crippen LogP contribution is 2.23. The molecule has 0 aliphatic heterocycles. The van der Waals surface area contributed by atoms with E-state index in [1.807, 2.05) is 0 Å². The fraction of sp³-hybridized carbons (Fsp3) is 0.300. The third kappa shape index (κ3) is 4.28. The highest BCUT2D eigenvalue weighted by Gasteiger charge is 2.16. The minimum atomic E-state index is -3.61.